The minimum atomic E-state index is -3.46. The molecule has 0 spiro atoms. The molecule has 124 valence electrons. The molecule has 1 aromatic heterocycles. The van der Waals surface area contributed by atoms with Gasteiger partial charge in [0.2, 0.25) is 0 Å². The second-order valence-corrected chi connectivity index (χ2v) is 8.81. The zero-order valence-corrected chi connectivity index (χ0v) is 14.6. The van der Waals surface area contributed by atoms with Crippen molar-refractivity contribution in [1.29, 1.82) is 0 Å². The van der Waals surface area contributed by atoms with E-state index in [-0.39, 0.29) is 10.1 Å². The molecule has 2 heterocycles. The van der Waals surface area contributed by atoms with Crippen molar-refractivity contribution in [3.63, 3.8) is 0 Å². The molecule has 0 aliphatic carbocycles. The highest BCUT2D eigenvalue weighted by Gasteiger charge is 2.29. The summed E-state index contributed by atoms with van der Waals surface area (Å²) in [5.74, 6) is 0.345. The third kappa shape index (κ3) is 4.07. The fourth-order valence-corrected chi connectivity index (χ4v) is 5.17. The number of piperidine rings is 1. The van der Waals surface area contributed by atoms with Crippen LogP contribution in [0.1, 0.15) is 29.4 Å². The van der Waals surface area contributed by atoms with E-state index in [1.165, 1.54) is 10.4 Å². The Bertz CT molecular complexity index is 605. The van der Waals surface area contributed by atoms with E-state index in [0.29, 0.717) is 37.0 Å². The molecular weight excluding hydrogens is 322 g/mol. The second-order valence-electron chi connectivity index (χ2n) is 5.56. The normalized spacial score (nSPS) is 17.5. The Morgan fingerprint density at radius 1 is 1.32 bits per heavy atom. The number of carbonyl (C=O) groups is 1. The Hall–Kier alpha value is -0.960. The van der Waals surface area contributed by atoms with Crippen LogP contribution in [0.5, 0.6) is 0 Å². The van der Waals surface area contributed by atoms with Crippen LogP contribution >= 0.6 is 11.3 Å². The largest absolute Gasteiger partial charge is 0.350 e. The average molecular weight is 345 g/mol. The number of amides is 1. The summed E-state index contributed by atoms with van der Waals surface area (Å²) in [4.78, 5) is 12.4. The van der Waals surface area contributed by atoms with Gasteiger partial charge in [0.15, 0.2) is 0 Å². The van der Waals surface area contributed by atoms with Crippen molar-refractivity contribution in [2.24, 2.45) is 5.92 Å². The Balaban J connectivity index is 2.05. The molecular formula is C14H23N3O3S2. The third-order valence-corrected chi connectivity index (χ3v) is 7.25. The highest BCUT2D eigenvalue weighted by Crippen LogP contribution is 2.28. The number of sulfonamides is 1. The molecule has 0 saturated carbocycles. The van der Waals surface area contributed by atoms with E-state index < -0.39 is 10.0 Å². The van der Waals surface area contributed by atoms with Crippen LogP contribution < -0.4 is 10.6 Å². The number of hydrogen-bond donors (Lipinski definition) is 2. The third-order valence-electron chi connectivity index (χ3n) is 3.80. The molecule has 8 heteroatoms. The summed E-state index contributed by atoms with van der Waals surface area (Å²) in [6.45, 7) is 4.45. The number of hydrogen-bond acceptors (Lipinski definition) is 5. The number of carbonyl (C=O) groups excluding carboxylic acids is 1. The fraction of sp³-hybridized carbons (Fsp3) is 0.643. The minimum absolute atomic E-state index is 0.228. The van der Waals surface area contributed by atoms with E-state index in [1.807, 2.05) is 0 Å². The summed E-state index contributed by atoms with van der Waals surface area (Å²) in [7, 11) is -1.66. The molecule has 1 aromatic rings. The summed E-state index contributed by atoms with van der Waals surface area (Å²) in [6.07, 6.45) is 1.78. The van der Waals surface area contributed by atoms with Crippen LogP contribution in [0.15, 0.2) is 16.3 Å². The maximum atomic E-state index is 12.6. The SMILES string of the molecule is CNCCNC(=O)c1ccc(S(=O)(=O)N2CCC(C)CC2)s1. The molecule has 22 heavy (non-hydrogen) atoms. The van der Waals surface area contributed by atoms with Crippen molar-refractivity contribution >= 4 is 27.3 Å². The maximum Gasteiger partial charge on any atom is 0.261 e. The highest BCUT2D eigenvalue weighted by atomic mass is 32.2. The number of thiophene rings is 1. The van der Waals surface area contributed by atoms with Crippen molar-refractivity contribution in [3.8, 4) is 0 Å². The molecule has 2 rings (SSSR count). The Morgan fingerprint density at radius 2 is 2.00 bits per heavy atom. The van der Waals surface area contributed by atoms with Gasteiger partial charge in [-0.25, -0.2) is 8.42 Å². The summed E-state index contributed by atoms with van der Waals surface area (Å²) in [5, 5.41) is 5.69. The van der Waals surface area contributed by atoms with E-state index in [4.69, 9.17) is 0 Å². The molecule has 1 saturated heterocycles. The summed E-state index contributed by atoms with van der Waals surface area (Å²) < 4.78 is 26.9. The van der Waals surface area contributed by atoms with Gasteiger partial charge in [-0.1, -0.05) is 6.92 Å². The number of nitrogens with one attached hydrogen (secondary N) is 2. The number of nitrogens with zero attached hydrogens (tertiary/aromatic N) is 1. The van der Waals surface area contributed by atoms with Gasteiger partial charge in [-0.15, -0.1) is 11.3 Å². The van der Waals surface area contributed by atoms with Gasteiger partial charge in [0.1, 0.15) is 4.21 Å². The Kier molecular flexibility index (Phi) is 5.96. The molecule has 0 radical (unpaired) electrons. The first-order chi connectivity index (χ1) is 10.4. The lowest BCUT2D eigenvalue weighted by Crippen LogP contribution is -2.37. The topological polar surface area (TPSA) is 78.5 Å². The van der Waals surface area contributed by atoms with E-state index in [9.17, 15) is 13.2 Å². The zero-order valence-electron chi connectivity index (χ0n) is 13.0. The first-order valence-electron chi connectivity index (χ1n) is 7.48. The first-order valence-corrected chi connectivity index (χ1v) is 9.73. The standard InChI is InChI=1S/C14H23N3O3S2/c1-11-5-9-17(10-6-11)22(19,20)13-4-3-12(21-13)14(18)16-8-7-15-2/h3-4,11,15H,5-10H2,1-2H3,(H,16,18). The van der Waals surface area contributed by atoms with Crippen molar-refractivity contribution in [2.45, 2.75) is 24.0 Å². The highest BCUT2D eigenvalue weighted by molar-refractivity contribution is 7.91. The van der Waals surface area contributed by atoms with Gasteiger partial charge >= 0.3 is 0 Å². The van der Waals surface area contributed by atoms with E-state index >= 15 is 0 Å². The van der Waals surface area contributed by atoms with Crippen LogP contribution in [-0.4, -0.2) is 51.9 Å². The van der Waals surface area contributed by atoms with Gasteiger partial charge in [0.05, 0.1) is 4.88 Å². The van der Waals surface area contributed by atoms with E-state index in [0.717, 1.165) is 24.2 Å². The van der Waals surface area contributed by atoms with Crippen LogP contribution in [-0.2, 0) is 10.0 Å². The molecule has 0 aromatic carbocycles. The summed E-state index contributed by atoms with van der Waals surface area (Å²) >= 11 is 1.04. The van der Waals surface area contributed by atoms with Crippen molar-refractivity contribution in [1.82, 2.24) is 14.9 Å². The van der Waals surface area contributed by atoms with Crippen LogP contribution in [0.2, 0.25) is 0 Å². The fourth-order valence-electron chi connectivity index (χ4n) is 2.32. The van der Waals surface area contributed by atoms with Crippen LogP contribution in [0.4, 0.5) is 0 Å². The lowest BCUT2D eigenvalue weighted by molar-refractivity contribution is 0.0958. The Labute approximate surface area is 135 Å². The molecule has 1 amide bonds. The molecule has 0 unspecified atom stereocenters. The van der Waals surface area contributed by atoms with Gasteiger partial charge in [-0.05, 0) is 37.9 Å². The molecule has 0 atom stereocenters. The van der Waals surface area contributed by atoms with Gasteiger partial charge in [-0.2, -0.15) is 4.31 Å². The average Bonchev–Trinajstić information content (AvgIpc) is 2.98. The van der Waals surface area contributed by atoms with Gasteiger partial charge in [0, 0.05) is 26.2 Å². The molecule has 6 nitrogen and oxygen atoms in total. The predicted molar refractivity (Wildman–Crippen MR) is 87.7 cm³/mol. The predicted octanol–water partition coefficient (Wildman–Crippen LogP) is 1.12. The van der Waals surface area contributed by atoms with Crippen LogP contribution in [0.3, 0.4) is 0 Å². The zero-order chi connectivity index (χ0) is 16.2. The van der Waals surface area contributed by atoms with Crippen LogP contribution in [0.25, 0.3) is 0 Å². The van der Waals surface area contributed by atoms with Crippen molar-refractivity contribution in [2.75, 3.05) is 33.2 Å². The number of rotatable bonds is 6. The summed E-state index contributed by atoms with van der Waals surface area (Å²) in [6, 6.07) is 3.11. The molecule has 0 bridgehead atoms. The van der Waals surface area contributed by atoms with Crippen molar-refractivity contribution < 1.29 is 13.2 Å². The summed E-state index contributed by atoms with van der Waals surface area (Å²) in [5.41, 5.74) is 0. The van der Waals surface area contributed by atoms with Gasteiger partial charge < -0.3 is 10.6 Å². The smallest absolute Gasteiger partial charge is 0.261 e. The maximum absolute atomic E-state index is 12.6. The van der Waals surface area contributed by atoms with Crippen LogP contribution in [0, 0.1) is 5.92 Å². The molecule has 2 N–H and O–H groups in total. The quantitative estimate of drug-likeness (QED) is 0.757. The first kappa shape index (κ1) is 17.4. The van der Waals surface area contributed by atoms with Gasteiger partial charge in [-0.3, -0.25) is 4.79 Å². The van der Waals surface area contributed by atoms with E-state index in [1.54, 1.807) is 13.1 Å². The number of likely N-dealkylation sites (N-methyl/N-ethyl adjacent to an activating group) is 1. The Morgan fingerprint density at radius 3 is 2.64 bits per heavy atom. The lowest BCUT2D eigenvalue weighted by atomic mass is 10.0. The molecule has 1 fully saturated rings. The van der Waals surface area contributed by atoms with Crippen molar-refractivity contribution in [3.05, 3.63) is 17.0 Å². The molecule has 1 aliphatic heterocycles. The lowest BCUT2D eigenvalue weighted by Gasteiger charge is -2.28. The monoisotopic (exact) mass is 345 g/mol. The second kappa shape index (κ2) is 7.54. The molecule has 1 aliphatic rings. The van der Waals surface area contributed by atoms with E-state index in [2.05, 4.69) is 17.6 Å². The van der Waals surface area contributed by atoms with Gasteiger partial charge in [0.25, 0.3) is 15.9 Å². The minimum Gasteiger partial charge on any atom is -0.350 e.